The van der Waals surface area contributed by atoms with Crippen LogP contribution in [0, 0.1) is 0 Å². The van der Waals surface area contributed by atoms with Crippen molar-refractivity contribution in [3.8, 4) is 11.4 Å². The third-order valence-electron chi connectivity index (χ3n) is 4.63. The van der Waals surface area contributed by atoms with Gasteiger partial charge in [-0.2, -0.15) is 0 Å². The van der Waals surface area contributed by atoms with Crippen LogP contribution >= 0.6 is 0 Å². The second-order valence-corrected chi connectivity index (χ2v) is 6.67. The molecule has 0 spiro atoms. The van der Waals surface area contributed by atoms with Crippen molar-refractivity contribution in [2.24, 2.45) is 0 Å². The van der Waals surface area contributed by atoms with Crippen molar-refractivity contribution in [2.45, 2.75) is 51.9 Å². The van der Waals surface area contributed by atoms with Crippen LogP contribution in [0.1, 0.15) is 61.4 Å². The molecule has 0 unspecified atom stereocenters. The first-order chi connectivity index (χ1) is 12.7. The second-order valence-electron chi connectivity index (χ2n) is 6.67. The Kier molecular flexibility index (Phi) is 6.00. The van der Waals surface area contributed by atoms with Crippen molar-refractivity contribution in [3.05, 3.63) is 47.5 Å². The summed E-state index contributed by atoms with van der Waals surface area (Å²) < 4.78 is 0. The molecule has 1 N–H and O–H groups in total. The number of aromatic nitrogens is 3. The number of carbonyl (C=O) groups is 1. The van der Waals surface area contributed by atoms with Crippen molar-refractivity contribution in [2.75, 3.05) is 0 Å². The molecule has 1 heterocycles. The van der Waals surface area contributed by atoms with Crippen molar-refractivity contribution >= 4 is 17.3 Å². The molecule has 0 saturated heterocycles. The SMILES string of the molecule is CCCCCCCCc1cc(C=O)c(O)c(-n2nc3ccccc3n2)c1. The number of benzene rings is 2. The second kappa shape index (κ2) is 8.61. The number of unbranched alkanes of at least 4 members (excludes halogenated alkanes) is 5. The average Bonchev–Trinajstić information content (AvgIpc) is 3.09. The van der Waals surface area contributed by atoms with E-state index in [1.165, 1.54) is 36.9 Å². The van der Waals surface area contributed by atoms with Crippen molar-refractivity contribution in [3.63, 3.8) is 0 Å². The van der Waals surface area contributed by atoms with Gasteiger partial charge in [-0.3, -0.25) is 4.79 Å². The van der Waals surface area contributed by atoms with Crippen LogP contribution < -0.4 is 0 Å². The number of fused-ring (bicyclic) bond motifs is 1. The topological polar surface area (TPSA) is 68.0 Å². The molecule has 1 aromatic heterocycles. The standard InChI is InChI=1S/C21H25N3O2/c1-2-3-4-5-6-7-10-16-13-17(15-25)21(26)20(14-16)24-22-18-11-8-9-12-19(18)23-24/h8-9,11-15,26H,2-7,10H2,1H3. The van der Waals surface area contributed by atoms with Crippen molar-refractivity contribution in [1.82, 2.24) is 15.0 Å². The molecule has 0 aliphatic carbocycles. The van der Waals surface area contributed by atoms with Gasteiger partial charge in [0.1, 0.15) is 16.7 Å². The monoisotopic (exact) mass is 351 g/mol. The van der Waals surface area contributed by atoms with E-state index in [1.807, 2.05) is 30.3 Å². The van der Waals surface area contributed by atoms with Gasteiger partial charge in [0.15, 0.2) is 12.0 Å². The van der Waals surface area contributed by atoms with Crippen molar-refractivity contribution in [1.29, 1.82) is 0 Å². The Hall–Kier alpha value is -2.69. The number of nitrogens with zero attached hydrogens (tertiary/aromatic N) is 3. The van der Waals surface area contributed by atoms with Crippen LogP contribution in [-0.2, 0) is 6.42 Å². The van der Waals surface area contributed by atoms with Crippen LogP contribution in [0.4, 0.5) is 0 Å². The minimum absolute atomic E-state index is 0.0769. The van der Waals surface area contributed by atoms with Gasteiger partial charge in [0.25, 0.3) is 0 Å². The summed E-state index contributed by atoms with van der Waals surface area (Å²) in [5.74, 6) is -0.0769. The molecule has 3 rings (SSSR count). The van der Waals surface area contributed by atoms with E-state index in [0.717, 1.165) is 29.4 Å². The zero-order chi connectivity index (χ0) is 18.4. The number of hydrogen-bond donors (Lipinski definition) is 1. The van der Waals surface area contributed by atoms with Crippen LogP contribution in [0.3, 0.4) is 0 Å². The maximum atomic E-state index is 11.4. The molecule has 0 atom stereocenters. The quantitative estimate of drug-likeness (QED) is 0.442. The number of phenolic OH excluding ortho intramolecular Hbond substituents is 1. The lowest BCUT2D eigenvalue weighted by Gasteiger charge is -2.09. The van der Waals surface area contributed by atoms with Gasteiger partial charge in [-0.25, -0.2) is 0 Å². The number of aldehydes is 1. The summed E-state index contributed by atoms with van der Waals surface area (Å²) in [5.41, 5.74) is 3.26. The molecule has 0 bridgehead atoms. The van der Waals surface area contributed by atoms with E-state index in [0.29, 0.717) is 12.0 Å². The van der Waals surface area contributed by atoms with Crippen LogP contribution in [0.15, 0.2) is 36.4 Å². The lowest BCUT2D eigenvalue weighted by atomic mass is 10.0. The Morgan fingerprint density at radius 3 is 2.31 bits per heavy atom. The van der Waals surface area contributed by atoms with E-state index in [1.54, 1.807) is 6.07 Å². The lowest BCUT2D eigenvalue weighted by Crippen LogP contribution is -2.02. The van der Waals surface area contributed by atoms with Gasteiger partial charge in [0.05, 0.1) is 5.56 Å². The molecular weight excluding hydrogens is 326 g/mol. The smallest absolute Gasteiger partial charge is 0.153 e. The Bertz CT molecular complexity index is 853. The molecule has 0 saturated carbocycles. The average molecular weight is 351 g/mol. The van der Waals surface area contributed by atoms with Gasteiger partial charge in [-0.15, -0.1) is 15.0 Å². The molecule has 0 aliphatic rings. The Labute approximate surface area is 153 Å². The first kappa shape index (κ1) is 18.1. The van der Waals surface area contributed by atoms with Gasteiger partial charge >= 0.3 is 0 Å². The third kappa shape index (κ3) is 4.10. The van der Waals surface area contributed by atoms with Gasteiger partial charge < -0.3 is 5.11 Å². The summed E-state index contributed by atoms with van der Waals surface area (Å²) in [7, 11) is 0. The third-order valence-corrected chi connectivity index (χ3v) is 4.63. The molecule has 5 heteroatoms. The van der Waals surface area contributed by atoms with E-state index < -0.39 is 0 Å². The minimum Gasteiger partial charge on any atom is -0.505 e. The Balaban J connectivity index is 1.81. The lowest BCUT2D eigenvalue weighted by molar-refractivity contribution is 0.112. The van der Waals surface area contributed by atoms with Crippen molar-refractivity contribution < 1.29 is 9.90 Å². The van der Waals surface area contributed by atoms with Gasteiger partial charge in [0.2, 0.25) is 0 Å². The van der Waals surface area contributed by atoms with Gasteiger partial charge in [-0.1, -0.05) is 51.2 Å². The number of rotatable bonds is 9. The predicted molar refractivity (Wildman–Crippen MR) is 103 cm³/mol. The summed E-state index contributed by atoms with van der Waals surface area (Å²) in [5, 5.41) is 19.3. The molecule has 26 heavy (non-hydrogen) atoms. The summed E-state index contributed by atoms with van der Waals surface area (Å²) in [6, 6.07) is 11.2. The molecular formula is C21H25N3O2. The van der Waals surface area contributed by atoms with Crippen LogP contribution in [0.2, 0.25) is 0 Å². The summed E-state index contributed by atoms with van der Waals surface area (Å²) in [4.78, 5) is 12.8. The fraction of sp³-hybridized carbons (Fsp3) is 0.381. The highest BCUT2D eigenvalue weighted by atomic mass is 16.3. The summed E-state index contributed by atoms with van der Waals surface area (Å²) in [6.45, 7) is 2.21. The van der Waals surface area contributed by atoms with Gasteiger partial charge in [0, 0.05) is 0 Å². The van der Waals surface area contributed by atoms with Crippen LogP contribution in [0.5, 0.6) is 5.75 Å². The molecule has 2 aromatic carbocycles. The minimum atomic E-state index is -0.0769. The maximum Gasteiger partial charge on any atom is 0.153 e. The van der Waals surface area contributed by atoms with E-state index in [4.69, 9.17) is 0 Å². The molecule has 0 aliphatic heterocycles. The fourth-order valence-electron chi connectivity index (χ4n) is 3.17. The van der Waals surface area contributed by atoms with Crippen LogP contribution in [-0.4, -0.2) is 26.4 Å². The highest BCUT2D eigenvalue weighted by molar-refractivity contribution is 5.82. The molecule has 0 amide bonds. The van der Waals surface area contributed by atoms with E-state index in [2.05, 4.69) is 17.1 Å². The molecule has 0 fully saturated rings. The molecule has 3 aromatic rings. The summed E-state index contributed by atoms with van der Waals surface area (Å²) >= 11 is 0. The largest absolute Gasteiger partial charge is 0.505 e. The molecule has 136 valence electrons. The normalized spacial score (nSPS) is 11.1. The Morgan fingerprint density at radius 1 is 1.00 bits per heavy atom. The fourth-order valence-corrected chi connectivity index (χ4v) is 3.17. The number of hydrogen-bond acceptors (Lipinski definition) is 4. The zero-order valence-electron chi connectivity index (χ0n) is 15.2. The van der Waals surface area contributed by atoms with Crippen LogP contribution in [0.25, 0.3) is 16.7 Å². The first-order valence-electron chi connectivity index (χ1n) is 9.36. The number of phenols is 1. The predicted octanol–water partition coefficient (Wildman–Crippen LogP) is 4.84. The van der Waals surface area contributed by atoms with Gasteiger partial charge in [-0.05, 0) is 42.7 Å². The highest BCUT2D eigenvalue weighted by Crippen LogP contribution is 2.28. The maximum absolute atomic E-state index is 11.4. The molecule has 0 radical (unpaired) electrons. The zero-order valence-corrected chi connectivity index (χ0v) is 15.2. The number of aromatic hydroxyl groups is 1. The highest BCUT2D eigenvalue weighted by Gasteiger charge is 2.14. The number of carbonyl (C=O) groups excluding carboxylic acids is 1. The first-order valence-corrected chi connectivity index (χ1v) is 9.36. The van der Waals surface area contributed by atoms with E-state index in [9.17, 15) is 9.90 Å². The number of aryl methyl sites for hydroxylation is 1. The summed E-state index contributed by atoms with van der Waals surface area (Å²) in [6.07, 6.45) is 8.86. The molecule has 5 nitrogen and oxygen atoms in total. The Morgan fingerprint density at radius 2 is 1.65 bits per heavy atom. The van der Waals surface area contributed by atoms with E-state index in [-0.39, 0.29) is 11.3 Å². The van der Waals surface area contributed by atoms with E-state index >= 15 is 0 Å².